The summed E-state index contributed by atoms with van der Waals surface area (Å²) in [7, 11) is 1.84. The fraction of sp³-hybridized carbons (Fsp3) is 1.00. The van der Waals surface area contributed by atoms with Gasteiger partial charge in [0.15, 0.2) is 0 Å². The Labute approximate surface area is 103 Å². The summed E-state index contributed by atoms with van der Waals surface area (Å²) in [5, 5.41) is 3.68. The molecule has 2 saturated heterocycles. The summed E-state index contributed by atoms with van der Waals surface area (Å²) < 4.78 is 11.1. The molecule has 0 amide bonds. The molecule has 2 aliphatic heterocycles. The van der Waals surface area contributed by atoms with Crippen molar-refractivity contribution in [2.75, 3.05) is 38.4 Å². The van der Waals surface area contributed by atoms with E-state index in [1.54, 1.807) is 0 Å². The predicted octanol–water partition coefficient (Wildman–Crippen LogP) is 1.67. The van der Waals surface area contributed by atoms with Crippen LogP contribution in [0.5, 0.6) is 0 Å². The molecule has 0 aliphatic carbocycles. The molecule has 0 aromatic heterocycles. The summed E-state index contributed by atoms with van der Waals surface area (Å²) in [6, 6.07) is 0.689. The van der Waals surface area contributed by atoms with Gasteiger partial charge in [0.05, 0.1) is 5.60 Å². The third kappa shape index (κ3) is 3.36. The predicted molar refractivity (Wildman–Crippen MR) is 68.1 cm³/mol. The molecule has 16 heavy (non-hydrogen) atoms. The lowest BCUT2D eigenvalue weighted by atomic mass is 9.93. The van der Waals surface area contributed by atoms with Gasteiger partial charge in [0.2, 0.25) is 0 Å². The van der Waals surface area contributed by atoms with Crippen molar-refractivity contribution in [1.82, 2.24) is 5.32 Å². The van der Waals surface area contributed by atoms with Crippen molar-refractivity contribution in [3.8, 4) is 0 Å². The van der Waals surface area contributed by atoms with E-state index in [2.05, 4.69) is 17.1 Å². The first kappa shape index (κ1) is 12.7. The lowest BCUT2D eigenvalue weighted by molar-refractivity contribution is -0.0885. The van der Waals surface area contributed by atoms with E-state index in [0.29, 0.717) is 6.04 Å². The van der Waals surface area contributed by atoms with Crippen LogP contribution < -0.4 is 5.32 Å². The summed E-state index contributed by atoms with van der Waals surface area (Å²) in [6.07, 6.45) is 4.72. The molecule has 0 aromatic carbocycles. The molecule has 94 valence electrons. The highest BCUT2D eigenvalue weighted by Crippen LogP contribution is 2.24. The highest BCUT2D eigenvalue weighted by Gasteiger charge is 2.32. The molecular weight excluding hydrogens is 222 g/mol. The summed E-state index contributed by atoms with van der Waals surface area (Å²) in [5.41, 5.74) is 0.0281. The molecule has 0 radical (unpaired) electrons. The van der Waals surface area contributed by atoms with Crippen LogP contribution in [-0.2, 0) is 9.47 Å². The fourth-order valence-corrected chi connectivity index (χ4v) is 3.54. The lowest BCUT2D eigenvalue weighted by Crippen LogP contribution is -2.50. The summed E-state index contributed by atoms with van der Waals surface area (Å²) >= 11 is 2.07. The maximum absolute atomic E-state index is 5.72. The largest absolute Gasteiger partial charge is 0.381 e. The number of thioether (sulfide) groups is 1. The molecule has 1 unspecified atom stereocenters. The van der Waals surface area contributed by atoms with E-state index in [9.17, 15) is 0 Å². The zero-order chi connectivity index (χ0) is 11.3. The molecule has 0 saturated carbocycles. The molecule has 1 N–H and O–H groups in total. The second-order valence-electron chi connectivity index (χ2n) is 4.79. The second kappa shape index (κ2) is 6.24. The first-order valence-corrected chi connectivity index (χ1v) is 7.44. The van der Waals surface area contributed by atoms with Gasteiger partial charge < -0.3 is 14.8 Å². The molecule has 2 rings (SSSR count). The van der Waals surface area contributed by atoms with E-state index in [0.717, 1.165) is 32.6 Å². The van der Waals surface area contributed by atoms with Gasteiger partial charge in [-0.05, 0) is 18.6 Å². The van der Waals surface area contributed by atoms with Crippen LogP contribution in [0.25, 0.3) is 0 Å². The zero-order valence-electron chi connectivity index (χ0n) is 10.2. The topological polar surface area (TPSA) is 30.5 Å². The maximum atomic E-state index is 5.72. The van der Waals surface area contributed by atoms with Gasteiger partial charge in [0.25, 0.3) is 0 Å². The average molecular weight is 245 g/mol. The number of hydrogen-bond acceptors (Lipinski definition) is 4. The quantitative estimate of drug-likeness (QED) is 0.816. The normalized spacial score (nSPS) is 30.2. The molecule has 1 atom stereocenters. The van der Waals surface area contributed by atoms with Gasteiger partial charge >= 0.3 is 0 Å². The summed E-state index contributed by atoms with van der Waals surface area (Å²) in [4.78, 5) is 0. The van der Waals surface area contributed by atoms with Crippen LogP contribution in [0.2, 0.25) is 0 Å². The minimum absolute atomic E-state index is 0.0281. The zero-order valence-corrected chi connectivity index (χ0v) is 11.0. The minimum atomic E-state index is 0.0281. The third-order valence-electron chi connectivity index (χ3n) is 3.71. The Hall–Kier alpha value is 0.230. The van der Waals surface area contributed by atoms with Crippen LogP contribution in [0.15, 0.2) is 0 Å². The van der Waals surface area contributed by atoms with E-state index in [1.165, 1.54) is 24.3 Å². The molecule has 0 bridgehead atoms. The molecule has 2 heterocycles. The molecule has 2 aliphatic rings. The van der Waals surface area contributed by atoms with Crippen molar-refractivity contribution in [3.05, 3.63) is 0 Å². The summed E-state index contributed by atoms with van der Waals surface area (Å²) in [6.45, 7) is 2.67. The van der Waals surface area contributed by atoms with Gasteiger partial charge in [-0.25, -0.2) is 0 Å². The van der Waals surface area contributed by atoms with Crippen LogP contribution in [0.4, 0.5) is 0 Å². The Kier molecular flexibility index (Phi) is 4.95. The first-order chi connectivity index (χ1) is 7.85. The van der Waals surface area contributed by atoms with Crippen LogP contribution in [0.1, 0.15) is 25.7 Å². The van der Waals surface area contributed by atoms with Gasteiger partial charge in [0, 0.05) is 51.5 Å². The van der Waals surface area contributed by atoms with Crippen LogP contribution in [0.3, 0.4) is 0 Å². The highest BCUT2D eigenvalue weighted by atomic mass is 32.2. The Morgan fingerprint density at radius 1 is 1.44 bits per heavy atom. The van der Waals surface area contributed by atoms with E-state index < -0.39 is 0 Å². The molecule has 2 fully saturated rings. The van der Waals surface area contributed by atoms with E-state index >= 15 is 0 Å². The summed E-state index contributed by atoms with van der Waals surface area (Å²) in [5.74, 6) is 2.59. The van der Waals surface area contributed by atoms with Crippen LogP contribution >= 0.6 is 11.8 Å². The smallest absolute Gasteiger partial charge is 0.0846 e. The molecule has 3 nitrogen and oxygen atoms in total. The van der Waals surface area contributed by atoms with Crippen molar-refractivity contribution in [2.24, 2.45) is 0 Å². The maximum Gasteiger partial charge on any atom is 0.0846 e. The van der Waals surface area contributed by atoms with Gasteiger partial charge in [-0.3, -0.25) is 0 Å². The standard InChI is InChI=1S/C12H23NO2S/c1-14-12(4-6-15-7-5-12)10-13-11-3-2-8-16-9-11/h11,13H,2-10H2,1H3. The van der Waals surface area contributed by atoms with Crippen LogP contribution in [-0.4, -0.2) is 50.0 Å². The van der Waals surface area contributed by atoms with Gasteiger partial charge in [-0.15, -0.1) is 0 Å². The molecule has 0 spiro atoms. The van der Waals surface area contributed by atoms with Crippen molar-refractivity contribution in [3.63, 3.8) is 0 Å². The Morgan fingerprint density at radius 2 is 2.25 bits per heavy atom. The monoisotopic (exact) mass is 245 g/mol. The second-order valence-corrected chi connectivity index (χ2v) is 5.94. The molecule has 0 aromatic rings. The van der Waals surface area contributed by atoms with Crippen molar-refractivity contribution in [1.29, 1.82) is 0 Å². The first-order valence-electron chi connectivity index (χ1n) is 6.29. The number of nitrogens with one attached hydrogen (secondary N) is 1. The highest BCUT2D eigenvalue weighted by molar-refractivity contribution is 7.99. The minimum Gasteiger partial charge on any atom is -0.381 e. The van der Waals surface area contributed by atoms with Crippen molar-refractivity contribution >= 4 is 11.8 Å². The Morgan fingerprint density at radius 3 is 2.88 bits per heavy atom. The van der Waals surface area contributed by atoms with E-state index in [-0.39, 0.29) is 5.60 Å². The molecular formula is C12H23NO2S. The Balaban J connectivity index is 1.77. The SMILES string of the molecule is COC1(CNC2CCCSC2)CCOCC1. The third-order valence-corrected chi connectivity index (χ3v) is 4.93. The van der Waals surface area contributed by atoms with Crippen LogP contribution in [0, 0.1) is 0 Å². The number of ether oxygens (including phenoxy) is 2. The van der Waals surface area contributed by atoms with E-state index in [4.69, 9.17) is 9.47 Å². The number of rotatable bonds is 4. The van der Waals surface area contributed by atoms with Gasteiger partial charge in [0.1, 0.15) is 0 Å². The lowest BCUT2D eigenvalue weighted by Gasteiger charge is -2.37. The van der Waals surface area contributed by atoms with Gasteiger partial charge in [-0.1, -0.05) is 0 Å². The average Bonchev–Trinajstić information content (AvgIpc) is 2.39. The van der Waals surface area contributed by atoms with Crippen molar-refractivity contribution < 1.29 is 9.47 Å². The number of methoxy groups -OCH3 is 1. The van der Waals surface area contributed by atoms with Crippen molar-refractivity contribution in [2.45, 2.75) is 37.3 Å². The van der Waals surface area contributed by atoms with Gasteiger partial charge in [-0.2, -0.15) is 11.8 Å². The Bertz CT molecular complexity index is 201. The number of hydrogen-bond donors (Lipinski definition) is 1. The fourth-order valence-electron chi connectivity index (χ4n) is 2.43. The van der Waals surface area contributed by atoms with E-state index in [1.807, 2.05) is 7.11 Å². The molecule has 4 heteroatoms.